The third-order valence-corrected chi connectivity index (χ3v) is 4.40. The highest BCUT2D eigenvalue weighted by Gasteiger charge is 2.34. The quantitative estimate of drug-likeness (QED) is 0.835. The van der Waals surface area contributed by atoms with Gasteiger partial charge in [0.2, 0.25) is 0 Å². The van der Waals surface area contributed by atoms with Crippen molar-refractivity contribution in [2.45, 2.75) is 39.3 Å². The van der Waals surface area contributed by atoms with Gasteiger partial charge in [0.1, 0.15) is 11.4 Å². The van der Waals surface area contributed by atoms with E-state index < -0.39 is 18.6 Å². The van der Waals surface area contributed by atoms with Crippen molar-refractivity contribution in [2.24, 2.45) is 5.92 Å². The summed E-state index contributed by atoms with van der Waals surface area (Å²) in [5.41, 5.74) is 0.538. The van der Waals surface area contributed by atoms with E-state index in [1.54, 1.807) is 13.8 Å². The lowest BCUT2D eigenvalue weighted by molar-refractivity contribution is -0.140. The van der Waals surface area contributed by atoms with Crippen molar-refractivity contribution in [3.05, 3.63) is 15.6 Å². The predicted molar refractivity (Wildman–Crippen MR) is 70.9 cm³/mol. The maximum Gasteiger partial charge on any atom is 0.406 e. The molecule has 20 heavy (non-hydrogen) atoms. The van der Waals surface area contributed by atoms with Crippen LogP contribution >= 0.6 is 11.3 Å². The lowest BCUT2D eigenvalue weighted by atomic mass is 10.3. The number of alkyl halides is 3. The van der Waals surface area contributed by atoms with Gasteiger partial charge in [-0.05, 0) is 32.6 Å². The number of rotatable bonds is 5. The molecule has 1 aliphatic carbocycles. The van der Waals surface area contributed by atoms with Crippen molar-refractivity contribution in [3.63, 3.8) is 0 Å². The Balaban J connectivity index is 2.11. The zero-order chi connectivity index (χ0) is 14.9. The molecule has 1 amide bonds. The van der Waals surface area contributed by atoms with Crippen LogP contribution in [0.1, 0.15) is 40.1 Å². The van der Waals surface area contributed by atoms with Gasteiger partial charge in [-0.1, -0.05) is 0 Å². The average molecular weight is 306 g/mol. The van der Waals surface area contributed by atoms with Crippen LogP contribution in [0.15, 0.2) is 0 Å². The largest absolute Gasteiger partial charge is 0.406 e. The molecule has 1 aromatic heterocycles. The number of hydrogen-bond donors (Lipinski definition) is 0. The van der Waals surface area contributed by atoms with E-state index in [1.165, 1.54) is 24.2 Å². The van der Waals surface area contributed by atoms with E-state index in [0.717, 1.165) is 16.3 Å². The summed E-state index contributed by atoms with van der Waals surface area (Å²) in [4.78, 5) is 17.7. The minimum atomic E-state index is -4.37. The Labute approximate surface area is 119 Å². The maximum atomic E-state index is 12.4. The molecule has 0 bridgehead atoms. The van der Waals surface area contributed by atoms with Gasteiger partial charge in [0.05, 0.1) is 10.7 Å². The molecule has 0 spiro atoms. The summed E-state index contributed by atoms with van der Waals surface area (Å²) in [7, 11) is 0. The van der Waals surface area contributed by atoms with Crippen LogP contribution in [0.25, 0.3) is 0 Å². The maximum absolute atomic E-state index is 12.4. The van der Waals surface area contributed by atoms with Crippen molar-refractivity contribution in [1.82, 2.24) is 9.88 Å². The average Bonchev–Trinajstić information content (AvgIpc) is 3.07. The number of aromatic nitrogens is 1. The molecular formula is C13H17F3N2OS. The predicted octanol–water partition coefficient (Wildman–Crippen LogP) is 3.43. The fourth-order valence-corrected chi connectivity index (χ4v) is 3.14. The molecule has 1 fully saturated rings. The first kappa shape index (κ1) is 15.3. The fraction of sp³-hybridized carbons (Fsp3) is 0.692. The van der Waals surface area contributed by atoms with Crippen LogP contribution in [0.5, 0.6) is 0 Å². The number of carbonyl (C=O) groups excluding carboxylic acids is 1. The summed E-state index contributed by atoms with van der Waals surface area (Å²) < 4.78 is 37.3. The van der Waals surface area contributed by atoms with Gasteiger partial charge in [0.25, 0.3) is 5.91 Å². The van der Waals surface area contributed by atoms with Gasteiger partial charge in [-0.25, -0.2) is 4.98 Å². The molecule has 0 aliphatic heterocycles. The molecule has 3 nitrogen and oxygen atoms in total. The van der Waals surface area contributed by atoms with E-state index in [-0.39, 0.29) is 6.54 Å². The smallest absolute Gasteiger partial charge is 0.329 e. The third-order valence-electron chi connectivity index (χ3n) is 3.23. The van der Waals surface area contributed by atoms with E-state index in [0.29, 0.717) is 16.5 Å². The van der Waals surface area contributed by atoms with Crippen molar-refractivity contribution < 1.29 is 18.0 Å². The molecule has 1 aromatic rings. The highest BCUT2D eigenvalue weighted by molar-refractivity contribution is 7.13. The Morgan fingerprint density at radius 1 is 1.45 bits per heavy atom. The zero-order valence-corrected chi connectivity index (χ0v) is 12.3. The Hall–Kier alpha value is -1.11. The van der Waals surface area contributed by atoms with Gasteiger partial charge in [-0.15, -0.1) is 11.3 Å². The fourth-order valence-electron chi connectivity index (χ4n) is 1.99. The second-order valence-electron chi connectivity index (χ2n) is 5.10. The summed E-state index contributed by atoms with van der Waals surface area (Å²) in [5.74, 6) is 0.0721. The Morgan fingerprint density at radius 2 is 2.10 bits per heavy atom. The molecule has 0 N–H and O–H groups in total. The van der Waals surface area contributed by atoms with Crippen molar-refractivity contribution in [2.75, 3.05) is 13.1 Å². The third kappa shape index (κ3) is 3.94. The molecule has 0 radical (unpaired) electrons. The summed E-state index contributed by atoms with van der Waals surface area (Å²) in [6, 6.07) is 0. The molecule has 112 valence electrons. The van der Waals surface area contributed by atoms with E-state index >= 15 is 0 Å². The van der Waals surface area contributed by atoms with Crippen LogP contribution in [0.3, 0.4) is 0 Å². The topological polar surface area (TPSA) is 33.2 Å². The minimum absolute atomic E-state index is 0.0354. The monoisotopic (exact) mass is 306 g/mol. The molecular weight excluding hydrogens is 289 g/mol. The molecule has 0 unspecified atom stereocenters. The van der Waals surface area contributed by atoms with Gasteiger partial charge in [-0.3, -0.25) is 4.79 Å². The number of carbonyl (C=O) groups is 1. The van der Waals surface area contributed by atoms with Gasteiger partial charge < -0.3 is 4.90 Å². The number of thiazole rings is 1. The Bertz CT molecular complexity index is 494. The molecule has 1 heterocycles. The lowest BCUT2D eigenvalue weighted by Gasteiger charge is -2.21. The normalized spacial score (nSPS) is 15.4. The molecule has 2 rings (SSSR count). The van der Waals surface area contributed by atoms with Crippen LogP contribution in [0.2, 0.25) is 0 Å². The second-order valence-corrected chi connectivity index (χ2v) is 6.19. The van der Waals surface area contributed by atoms with Gasteiger partial charge >= 0.3 is 6.18 Å². The first-order valence-corrected chi connectivity index (χ1v) is 7.44. The summed E-state index contributed by atoms with van der Waals surface area (Å²) in [5, 5.41) is 0.858. The number of hydrogen-bond acceptors (Lipinski definition) is 3. The van der Waals surface area contributed by atoms with Crippen LogP contribution < -0.4 is 0 Å². The van der Waals surface area contributed by atoms with E-state index in [4.69, 9.17) is 0 Å². The van der Waals surface area contributed by atoms with Gasteiger partial charge in [0, 0.05) is 13.0 Å². The molecule has 0 atom stereocenters. The van der Waals surface area contributed by atoms with Gasteiger partial charge in [-0.2, -0.15) is 13.2 Å². The van der Waals surface area contributed by atoms with E-state index in [1.807, 2.05) is 0 Å². The number of amides is 1. The summed E-state index contributed by atoms with van der Waals surface area (Å²) >= 11 is 1.24. The first-order valence-electron chi connectivity index (χ1n) is 6.62. The first-order chi connectivity index (χ1) is 9.30. The SMILES string of the molecule is CCN(CC(F)(F)F)C(=O)c1sc(CC2CC2)nc1C. The lowest BCUT2D eigenvalue weighted by Crippen LogP contribution is -2.38. The number of aryl methyl sites for hydroxylation is 1. The Kier molecular flexibility index (Phi) is 4.36. The summed E-state index contributed by atoms with van der Waals surface area (Å²) in [6.45, 7) is 2.05. The van der Waals surface area contributed by atoms with Crippen molar-refractivity contribution in [3.8, 4) is 0 Å². The molecule has 0 aromatic carbocycles. The van der Waals surface area contributed by atoms with Crippen LogP contribution in [-0.2, 0) is 6.42 Å². The van der Waals surface area contributed by atoms with Crippen LogP contribution in [0, 0.1) is 12.8 Å². The van der Waals surface area contributed by atoms with Crippen molar-refractivity contribution >= 4 is 17.2 Å². The van der Waals surface area contributed by atoms with Crippen LogP contribution in [-0.4, -0.2) is 35.1 Å². The van der Waals surface area contributed by atoms with E-state index in [9.17, 15) is 18.0 Å². The van der Waals surface area contributed by atoms with Crippen molar-refractivity contribution in [1.29, 1.82) is 0 Å². The minimum Gasteiger partial charge on any atom is -0.329 e. The molecule has 7 heteroatoms. The Morgan fingerprint density at radius 3 is 2.60 bits per heavy atom. The summed E-state index contributed by atoms with van der Waals surface area (Å²) in [6.07, 6.45) is -1.18. The highest BCUT2D eigenvalue weighted by atomic mass is 32.1. The number of halogens is 3. The van der Waals surface area contributed by atoms with Crippen LogP contribution in [0.4, 0.5) is 13.2 Å². The second kappa shape index (κ2) is 5.71. The number of nitrogens with zero attached hydrogens (tertiary/aromatic N) is 2. The highest BCUT2D eigenvalue weighted by Crippen LogP contribution is 2.34. The standard InChI is InChI=1S/C13H17F3N2OS/c1-3-18(7-13(14,15)16)12(19)11-8(2)17-10(20-11)6-9-4-5-9/h9H,3-7H2,1-2H3. The molecule has 0 saturated heterocycles. The van der Waals surface area contributed by atoms with E-state index in [2.05, 4.69) is 4.98 Å². The zero-order valence-electron chi connectivity index (χ0n) is 11.5. The van der Waals surface area contributed by atoms with Gasteiger partial charge in [0.15, 0.2) is 0 Å². The molecule has 1 aliphatic rings. The molecule has 1 saturated carbocycles.